The van der Waals surface area contributed by atoms with Gasteiger partial charge >= 0.3 is 0 Å². The van der Waals surface area contributed by atoms with Crippen molar-refractivity contribution in [3.63, 3.8) is 0 Å². The molecular formula is C16H26ClNO3. The number of hydrogen-bond donors (Lipinski definition) is 1. The Labute approximate surface area is 132 Å². The second kappa shape index (κ2) is 7.87. The van der Waals surface area contributed by atoms with E-state index >= 15 is 0 Å². The first-order chi connectivity index (χ1) is 9.76. The van der Waals surface area contributed by atoms with Crippen molar-refractivity contribution in [3.8, 4) is 11.5 Å². The Hall–Kier alpha value is -0.970. The van der Waals surface area contributed by atoms with Crippen molar-refractivity contribution in [2.75, 3.05) is 27.3 Å². The molecule has 21 heavy (non-hydrogen) atoms. The number of hydrogen-bond acceptors (Lipinski definition) is 4. The molecule has 0 spiro atoms. The molecule has 0 aromatic heterocycles. The quantitative estimate of drug-likeness (QED) is 0.799. The van der Waals surface area contributed by atoms with Crippen molar-refractivity contribution in [3.05, 3.63) is 22.7 Å². The topological polar surface area (TPSA) is 41.9 Å². The molecule has 0 heterocycles. The molecular weight excluding hydrogens is 290 g/mol. The summed E-state index contributed by atoms with van der Waals surface area (Å²) in [6, 6.07) is 3.81. The molecule has 0 aliphatic rings. The highest BCUT2D eigenvalue weighted by atomic mass is 35.5. The van der Waals surface area contributed by atoms with Gasteiger partial charge in [-0.05, 0) is 45.0 Å². The maximum atomic E-state index is 9.85. The summed E-state index contributed by atoms with van der Waals surface area (Å²) in [6.45, 7) is 7.47. The summed E-state index contributed by atoms with van der Waals surface area (Å²) in [6.07, 6.45) is 0.912. The van der Waals surface area contributed by atoms with E-state index in [1.54, 1.807) is 21.0 Å². The van der Waals surface area contributed by atoms with Crippen LogP contribution in [0.25, 0.3) is 0 Å². The van der Waals surface area contributed by atoms with Gasteiger partial charge in [0.1, 0.15) is 0 Å². The van der Waals surface area contributed by atoms with Gasteiger partial charge in [-0.2, -0.15) is 0 Å². The van der Waals surface area contributed by atoms with E-state index in [2.05, 4.69) is 0 Å². The van der Waals surface area contributed by atoms with Crippen LogP contribution in [0.2, 0.25) is 5.02 Å². The summed E-state index contributed by atoms with van der Waals surface area (Å²) < 4.78 is 11.0. The lowest BCUT2D eigenvalue weighted by atomic mass is 10.1. The third-order valence-corrected chi connectivity index (χ3v) is 3.13. The molecule has 1 N–H and O–H groups in total. The minimum Gasteiger partial charge on any atom is -0.493 e. The number of ether oxygens (including phenoxy) is 2. The van der Waals surface area contributed by atoms with E-state index in [9.17, 15) is 5.11 Å². The number of likely N-dealkylation sites (N-methyl/N-ethyl adjacent to an activating group) is 1. The zero-order valence-corrected chi connectivity index (χ0v) is 14.3. The smallest absolute Gasteiger partial charge is 0.179 e. The van der Waals surface area contributed by atoms with E-state index in [0.717, 1.165) is 12.0 Å². The number of rotatable bonds is 8. The zero-order chi connectivity index (χ0) is 16.0. The van der Waals surface area contributed by atoms with E-state index in [1.807, 2.05) is 31.0 Å². The third-order valence-electron chi connectivity index (χ3n) is 2.85. The second-order valence-corrected chi connectivity index (χ2v) is 6.35. The third kappa shape index (κ3) is 6.12. The Morgan fingerprint density at radius 2 is 2.00 bits per heavy atom. The summed E-state index contributed by atoms with van der Waals surface area (Å²) in [4.78, 5) is 2.04. The fourth-order valence-corrected chi connectivity index (χ4v) is 2.52. The molecule has 0 radical (unpaired) electrons. The minimum absolute atomic E-state index is 0.550. The predicted octanol–water partition coefficient (Wildman–Crippen LogP) is 3.34. The van der Waals surface area contributed by atoms with Crippen LogP contribution in [0.3, 0.4) is 0 Å². The first kappa shape index (κ1) is 18.1. The largest absolute Gasteiger partial charge is 0.493 e. The molecule has 0 saturated heterocycles. The number of nitrogens with zero attached hydrogens (tertiary/aromatic N) is 1. The Morgan fingerprint density at radius 3 is 2.52 bits per heavy atom. The van der Waals surface area contributed by atoms with Crippen molar-refractivity contribution in [1.29, 1.82) is 0 Å². The number of halogens is 1. The molecule has 0 atom stereocenters. The molecule has 0 unspecified atom stereocenters. The lowest BCUT2D eigenvalue weighted by Crippen LogP contribution is -2.35. The molecule has 0 fully saturated rings. The maximum Gasteiger partial charge on any atom is 0.179 e. The Bertz CT molecular complexity index is 458. The van der Waals surface area contributed by atoms with Crippen LogP contribution in [0.5, 0.6) is 11.5 Å². The number of benzene rings is 1. The number of methoxy groups -OCH3 is 1. The first-order valence-corrected chi connectivity index (χ1v) is 7.54. The molecule has 0 amide bonds. The van der Waals surface area contributed by atoms with Gasteiger partial charge in [-0.1, -0.05) is 18.5 Å². The summed E-state index contributed by atoms with van der Waals surface area (Å²) >= 11 is 6.29. The summed E-state index contributed by atoms with van der Waals surface area (Å²) in [5.74, 6) is 1.23. The van der Waals surface area contributed by atoms with Crippen LogP contribution in [0.15, 0.2) is 12.1 Å². The Balaban J connectivity index is 2.87. The molecule has 1 aromatic carbocycles. The van der Waals surface area contributed by atoms with Gasteiger partial charge in [0, 0.05) is 13.1 Å². The average molecular weight is 316 g/mol. The lowest BCUT2D eigenvalue weighted by Gasteiger charge is -2.25. The molecule has 0 aliphatic carbocycles. The summed E-state index contributed by atoms with van der Waals surface area (Å²) in [5, 5.41) is 10.4. The maximum absolute atomic E-state index is 9.85. The SMILES string of the molecule is CCCOc1c(Cl)cc(CN(C)CC(C)(C)O)cc1OC. The van der Waals surface area contributed by atoms with Crippen molar-refractivity contribution >= 4 is 11.6 Å². The Morgan fingerprint density at radius 1 is 1.33 bits per heavy atom. The van der Waals surface area contributed by atoms with Crippen LogP contribution in [0, 0.1) is 0 Å². The van der Waals surface area contributed by atoms with E-state index < -0.39 is 5.60 Å². The summed E-state index contributed by atoms with van der Waals surface area (Å²) in [5.41, 5.74) is 0.291. The second-order valence-electron chi connectivity index (χ2n) is 5.94. The molecule has 1 aromatic rings. The van der Waals surface area contributed by atoms with Crippen LogP contribution in [-0.2, 0) is 6.54 Å². The molecule has 0 saturated carbocycles. The van der Waals surface area contributed by atoms with E-state index in [1.165, 1.54) is 0 Å². The van der Waals surface area contributed by atoms with Gasteiger partial charge in [0.2, 0.25) is 0 Å². The van der Waals surface area contributed by atoms with E-state index in [0.29, 0.717) is 36.2 Å². The van der Waals surface area contributed by atoms with Crippen LogP contribution >= 0.6 is 11.6 Å². The standard InChI is InChI=1S/C16H26ClNO3/c1-6-7-21-15-13(17)8-12(9-14(15)20-5)10-18(4)11-16(2,3)19/h8-9,19H,6-7,10-11H2,1-5H3. The molecule has 0 bridgehead atoms. The van der Waals surface area contributed by atoms with Gasteiger partial charge in [-0.15, -0.1) is 0 Å². The fourth-order valence-electron chi connectivity index (χ4n) is 2.24. The highest BCUT2D eigenvalue weighted by Crippen LogP contribution is 2.36. The highest BCUT2D eigenvalue weighted by molar-refractivity contribution is 6.32. The summed E-state index contributed by atoms with van der Waals surface area (Å²) in [7, 11) is 3.56. The first-order valence-electron chi connectivity index (χ1n) is 7.17. The van der Waals surface area contributed by atoms with Crippen LogP contribution in [-0.4, -0.2) is 42.9 Å². The van der Waals surface area contributed by atoms with Crippen molar-refractivity contribution in [1.82, 2.24) is 4.90 Å². The zero-order valence-electron chi connectivity index (χ0n) is 13.6. The lowest BCUT2D eigenvalue weighted by molar-refractivity contribution is 0.0424. The van der Waals surface area contributed by atoms with E-state index in [4.69, 9.17) is 21.1 Å². The van der Waals surface area contributed by atoms with Gasteiger partial charge in [-0.25, -0.2) is 0 Å². The van der Waals surface area contributed by atoms with Crippen molar-refractivity contribution in [2.45, 2.75) is 39.3 Å². The number of aliphatic hydroxyl groups is 1. The van der Waals surface area contributed by atoms with Gasteiger partial charge in [0.15, 0.2) is 11.5 Å². The Kier molecular flexibility index (Phi) is 6.78. The molecule has 120 valence electrons. The predicted molar refractivity (Wildman–Crippen MR) is 86.4 cm³/mol. The van der Waals surface area contributed by atoms with Crippen LogP contribution in [0.4, 0.5) is 0 Å². The molecule has 4 nitrogen and oxygen atoms in total. The normalized spacial score (nSPS) is 11.8. The van der Waals surface area contributed by atoms with Gasteiger partial charge in [0.25, 0.3) is 0 Å². The van der Waals surface area contributed by atoms with Crippen LogP contribution < -0.4 is 9.47 Å². The molecule has 5 heteroatoms. The minimum atomic E-state index is -0.729. The van der Waals surface area contributed by atoms with Crippen molar-refractivity contribution < 1.29 is 14.6 Å². The van der Waals surface area contributed by atoms with E-state index in [-0.39, 0.29) is 0 Å². The highest BCUT2D eigenvalue weighted by Gasteiger charge is 2.17. The monoisotopic (exact) mass is 315 g/mol. The average Bonchev–Trinajstić information content (AvgIpc) is 2.34. The molecule has 1 rings (SSSR count). The van der Waals surface area contributed by atoms with Gasteiger partial charge in [0.05, 0.1) is 24.3 Å². The van der Waals surface area contributed by atoms with Gasteiger partial charge in [-0.3, -0.25) is 4.90 Å². The van der Waals surface area contributed by atoms with Crippen molar-refractivity contribution in [2.24, 2.45) is 0 Å². The fraction of sp³-hybridized carbons (Fsp3) is 0.625. The van der Waals surface area contributed by atoms with Gasteiger partial charge < -0.3 is 14.6 Å². The van der Waals surface area contributed by atoms with Crippen LogP contribution in [0.1, 0.15) is 32.8 Å². The molecule has 0 aliphatic heterocycles.